The SMILES string of the molecule is Oc1ccc(-c2nc3ccc4[nH]ncc4c3c3c2CC(C(F)(F)F)CC3)cc1. The van der Waals surface area contributed by atoms with Gasteiger partial charge < -0.3 is 5.11 Å². The number of aromatic amines is 1. The van der Waals surface area contributed by atoms with E-state index in [-0.39, 0.29) is 18.6 Å². The molecule has 0 saturated heterocycles. The van der Waals surface area contributed by atoms with E-state index >= 15 is 0 Å². The maximum atomic E-state index is 13.5. The van der Waals surface area contributed by atoms with Crippen LogP contribution in [0.15, 0.2) is 42.6 Å². The van der Waals surface area contributed by atoms with Crippen LogP contribution in [0.1, 0.15) is 17.5 Å². The number of benzene rings is 2. The first-order valence-corrected chi connectivity index (χ1v) is 9.05. The number of pyridine rings is 1. The number of hydrogen-bond acceptors (Lipinski definition) is 3. The Labute approximate surface area is 158 Å². The van der Waals surface area contributed by atoms with Crippen LogP contribution >= 0.6 is 0 Å². The van der Waals surface area contributed by atoms with Crippen molar-refractivity contribution in [3.05, 3.63) is 53.7 Å². The van der Waals surface area contributed by atoms with Crippen molar-refractivity contribution in [2.75, 3.05) is 0 Å². The molecule has 4 aromatic rings. The van der Waals surface area contributed by atoms with Gasteiger partial charge in [-0.1, -0.05) is 0 Å². The molecular weight excluding hydrogens is 367 g/mol. The van der Waals surface area contributed by atoms with E-state index in [0.29, 0.717) is 23.2 Å². The van der Waals surface area contributed by atoms with Crippen molar-refractivity contribution in [2.45, 2.75) is 25.4 Å². The number of phenolic OH excluding ortho intramolecular Hbond substituents is 1. The summed E-state index contributed by atoms with van der Waals surface area (Å²) in [4.78, 5) is 4.74. The number of aryl methyl sites for hydroxylation is 1. The van der Waals surface area contributed by atoms with Crippen molar-refractivity contribution in [1.82, 2.24) is 15.2 Å². The third kappa shape index (κ3) is 2.61. The quantitative estimate of drug-likeness (QED) is 0.478. The van der Waals surface area contributed by atoms with E-state index in [9.17, 15) is 18.3 Å². The summed E-state index contributed by atoms with van der Waals surface area (Å²) in [5, 5.41) is 18.3. The van der Waals surface area contributed by atoms with Gasteiger partial charge in [-0.05, 0) is 66.8 Å². The number of aromatic hydroxyl groups is 1. The lowest BCUT2D eigenvalue weighted by Gasteiger charge is -2.29. The van der Waals surface area contributed by atoms with Gasteiger partial charge in [0, 0.05) is 16.3 Å². The molecular formula is C21H16F3N3O. The molecule has 5 rings (SSSR count). The van der Waals surface area contributed by atoms with Crippen LogP contribution in [0.5, 0.6) is 5.75 Å². The number of hydrogen-bond donors (Lipinski definition) is 2. The molecule has 0 bridgehead atoms. The molecule has 1 aliphatic carbocycles. The van der Waals surface area contributed by atoms with Gasteiger partial charge >= 0.3 is 6.18 Å². The fourth-order valence-electron chi connectivity index (χ4n) is 4.20. The molecule has 0 amide bonds. The van der Waals surface area contributed by atoms with Crippen molar-refractivity contribution >= 4 is 21.8 Å². The van der Waals surface area contributed by atoms with E-state index in [1.807, 2.05) is 12.1 Å². The summed E-state index contributed by atoms with van der Waals surface area (Å²) in [6.07, 6.45) is -2.21. The Kier molecular flexibility index (Phi) is 3.62. The van der Waals surface area contributed by atoms with E-state index in [2.05, 4.69) is 10.2 Å². The lowest BCUT2D eigenvalue weighted by Crippen LogP contribution is -2.29. The molecule has 28 heavy (non-hydrogen) atoms. The summed E-state index contributed by atoms with van der Waals surface area (Å²) < 4.78 is 40.4. The van der Waals surface area contributed by atoms with E-state index in [4.69, 9.17) is 4.98 Å². The number of nitrogens with one attached hydrogen (secondary N) is 1. The smallest absolute Gasteiger partial charge is 0.392 e. The molecule has 0 saturated carbocycles. The Balaban J connectivity index is 1.82. The van der Waals surface area contributed by atoms with Gasteiger partial charge in [0.15, 0.2) is 0 Å². The van der Waals surface area contributed by atoms with Gasteiger partial charge in [-0.25, -0.2) is 4.98 Å². The lowest BCUT2D eigenvalue weighted by molar-refractivity contribution is -0.177. The summed E-state index contributed by atoms with van der Waals surface area (Å²) >= 11 is 0. The Morgan fingerprint density at radius 1 is 1.04 bits per heavy atom. The average Bonchev–Trinajstić information content (AvgIpc) is 3.15. The third-order valence-corrected chi connectivity index (χ3v) is 5.58. The first kappa shape index (κ1) is 17.0. The van der Waals surface area contributed by atoms with Gasteiger partial charge in [0.2, 0.25) is 0 Å². The average molecular weight is 383 g/mol. The van der Waals surface area contributed by atoms with E-state index in [1.165, 1.54) is 12.1 Å². The number of rotatable bonds is 1. The highest BCUT2D eigenvalue weighted by Crippen LogP contribution is 2.43. The zero-order valence-corrected chi connectivity index (χ0v) is 14.7. The van der Waals surface area contributed by atoms with Crippen LogP contribution in [-0.2, 0) is 12.8 Å². The molecule has 0 aliphatic heterocycles. The second-order valence-corrected chi connectivity index (χ2v) is 7.24. The number of phenols is 1. The molecule has 1 aliphatic rings. The molecule has 1 atom stereocenters. The standard InChI is InChI=1S/C21H16F3N3O/c22-21(23,24)12-3-6-14-15(9-12)20(11-1-4-13(28)5-2-11)26-18-8-7-17-16(19(14)18)10-25-27-17/h1-2,4-5,7-8,10,12,28H,3,6,9H2,(H,25,27). The number of H-pyrrole nitrogens is 1. The summed E-state index contributed by atoms with van der Waals surface area (Å²) in [6.45, 7) is 0. The van der Waals surface area contributed by atoms with Crippen molar-refractivity contribution < 1.29 is 18.3 Å². The Bertz CT molecular complexity index is 1200. The van der Waals surface area contributed by atoms with E-state index in [1.54, 1.807) is 18.3 Å². The van der Waals surface area contributed by atoms with Gasteiger partial charge in [0.1, 0.15) is 5.75 Å². The second-order valence-electron chi connectivity index (χ2n) is 7.24. The highest BCUT2D eigenvalue weighted by atomic mass is 19.4. The van der Waals surface area contributed by atoms with Gasteiger partial charge in [-0.3, -0.25) is 5.10 Å². The molecule has 4 nitrogen and oxygen atoms in total. The monoisotopic (exact) mass is 383 g/mol. The summed E-state index contributed by atoms with van der Waals surface area (Å²) in [5.41, 5.74) is 4.39. The number of nitrogens with zero attached hydrogens (tertiary/aromatic N) is 2. The first-order valence-electron chi connectivity index (χ1n) is 9.05. The predicted molar refractivity (Wildman–Crippen MR) is 100 cm³/mol. The maximum absolute atomic E-state index is 13.5. The molecule has 2 heterocycles. The Morgan fingerprint density at radius 3 is 2.57 bits per heavy atom. The Morgan fingerprint density at radius 2 is 1.82 bits per heavy atom. The van der Waals surface area contributed by atoms with Crippen LogP contribution in [0.2, 0.25) is 0 Å². The zero-order valence-electron chi connectivity index (χ0n) is 14.7. The van der Waals surface area contributed by atoms with Crippen LogP contribution < -0.4 is 0 Å². The molecule has 0 fully saturated rings. The lowest BCUT2D eigenvalue weighted by atomic mass is 9.79. The van der Waals surface area contributed by atoms with E-state index < -0.39 is 12.1 Å². The third-order valence-electron chi connectivity index (χ3n) is 5.58. The van der Waals surface area contributed by atoms with Gasteiger partial charge in [-0.2, -0.15) is 18.3 Å². The molecule has 7 heteroatoms. The number of fused-ring (bicyclic) bond motifs is 5. The molecule has 2 aromatic heterocycles. The molecule has 142 valence electrons. The van der Waals surface area contributed by atoms with E-state index in [0.717, 1.165) is 27.4 Å². The zero-order chi connectivity index (χ0) is 19.5. The Hall–Kier alpha value is -3.09. The minimum atomic E-state index is -4.24. The molecule has 0 radical (unpaired) electrons. The van der Waals surface area contributed by atoms with Crippen LogP contribution in [0.4, 0.5) is 13.2 Å². The van der Waals surface area contributed by atoms with Gasteiger partial charge in [0.25, 0.3) is 0 Å². The number of alkyl halides is 3. The highest BCUT2D eigenvalue weighted by Gasteiger charge is 2.42. The van der Waals surface area contributed by atoms with Gasteiger partial charge in [-0.15, -0.1) is 0 Å². The van der Waals surface area contributed by atoms with Gasteiger partial charge in [0.05, 0.1) is 28.8 Å². The number of aromatic nitrogens is 3. The van der Waals surface area contributed by atoms with Crippen LogP contribution in [0.3, 0.4) is 0 Å². The molecule has 1 unspecified atom stereocenters. The fraction of sp³-hybridized carbons (Fsp3) is 0.238. The minimum Gasteiger partial charge on any atom is -0.508 e. The summed E-state index contributed by atoms with van der Waals surface area (Å²) in [7, 11) is 0. The normalized spacial score (nSPS) is 17.2. The molecule has 2 N–H and O–H groups in total. The topological polar surface area (TPSA) is 61.8 Å². The predicted octanol–water partition coefficient (Wildman–Crippen LogP) is 5.15. The van der Waals surface area contributed by atoms with Crippen molar-refractivity contribution in [3.8, 4) is 17.0 Å². The second kappa shape index (κ2) is 5.95. The fourth-order valence-corrected chi connectivity index (χ4v) is 4.20. The molecule has 0 spiro atoms. The minimum absolute atomic E-state index is 0.0683. The summed E-state index contributed by atoms with van der Waals surface area (Å²) in [5.74, 6) is -1.27. The van der Waals surface area contributed by atoms with Crippen molar-refractivity contribution in [1.29, 1.82) is 0 Å². The summed E-state index contributed by atoms with van der Waals surface area (Å²) in [6, 6.07) is 10.2. The molecule has 2 aromatic carbocycles. The maximum Gasteiger partial charge on any atom is 0.392 e. The van der Waals surface area contributed by atoms with Crippen LogP contribution in [0.25, 0.3) is 33.1 Å². The number of halogens is 3. The van der Waals surface area contributed by atoms with Crippen LogP contribution in [-0.4, -0.2) is 26.5 Å². The largest absolute Gasteiger partial charge is 0.508 e. The first-order chi connectivity index (χ1) is 13.4. The van der Waals surface area contributed by atoms with Crippen molar-refractivity contribution in [3.63, 3.8) is 0 Å². The highest BCUT2D eigenvalue weighted by molar-refractivity contribution is 6.07. The van der Waals surface area contributed by atoms with Crippen LogP contribution in [0, 0.1) is 5.92 Å². The van der Waals surface area contributed by atoms with Crippen molar-refractivity contribution in [2.24, 2.45) is 5.92 Å².